The summed E-state index contributed by atoms with van der Waals surface area (Å²) in [5.74, 6) is 0.687. The Hall–Kier alpha value is -2.85. The molecule has 0 spiro atoms. The zero-order valence-electron chi connectivity index (χ0n) is 17.8. The number of amides is 1. The molecule has 30 heavy (non-hydrogen) atoms. The average molecular weight is 417 g/mol. The number of nitrogens with one attached hydrogen (secondary N) is 1. The molecule has 3 aromatic carbocycles. The molecule has 0 atom stereocenters. The highest BCUT2D eigenvalue weighted by Crippen LogP contribution is 2.27. The third-order valence-corrected chi connectivity index (χ3v) is 6.05. The molecule has 4 heteroatoms. The summed E-state index contributed by atoms with van der Waals surface area (Å²) < 4.78 is 0. The summed E-state index contributed by atoms with van der Waals surface area (Å²) in [6.07, 6.45) is 0.771. The molecular formula is C26H28N2OS. The Morgan fingerprint density at radius 3 is 2.13 bits per heavy atom. The summed E-state index contributed by atoms with van der Waals surface area (Å²) >= 11 is 1.78. The smallest absolute Gasteiger partial charge is 0.267 e. The first-order chi connectivity index (χ1) is 14.4. The minimum Gasteiger partial charge on any atom is -0.267 e. The van der Waals surface area contributed by atoms with Gasteiger partial charge in [-0.1, -0.05) is 74.5 Å². The monoisotopic (exact) mass is 416 g/mol. The van der Waals surface area contributed by atoms with Crippen LogP contribution < -0.4 is 5.43 Å². The van der Waals surface area contributed by atoms with Crippen LogP contribution in [0.5, 0.6) is 0 Å². The Morgan fingerprint density at radius 1 is 0.900 bits per heavy atom. The molecule has 0 aliphatic rings. The van der Waals surface area contributed by atoms with Crippen molar-refractivity contribution in [3.8, 4) is 0 Å². The number of nitrogens with zero attached hydrogens (tertiary/aromatic N) is 1. The second-order valence-electron chi connectivity index (χ2n) is 8.01. The molecule has 0 aromatic heterocycles. The molecule has 3 rings (SSSR count). The predicted molar refractivity (Wildman–Crippen MR) is 127 cm³/mol. The van der Waals surface area contributed by atoms with Crippen molar-refractivity contribution in [2.24, 2.45) is 5.10 Å². The van der Waals surface area contributed by atoms with Crippen molar-refractivity contribution in [3.05, 3.63) is 102 Å². The molecule has 0 saturated carbocycles. The van der Waals surface area contributed by atoms with Gasteiger partial charge in [0.1, 0.15) is 0 Å². The van der Waals surface area contributed by atoms with Crippen LogP contribution in [-0.2, 0) is 11.2 Å². The Morgan fingerprint density at radius 2 is 1.50 bits per heavy atom. The van der Waals surface area contributed by atoms with E-state index in [0.717, 1.165) is 17.9 Å². The number of rotatable bonds is 8. The van der Waals surface area contributed by atoms with Crippen molar-refractivity contribution in [1.29, 1.82) is 0 Å². The highest BCUT2D eigenvalue weighted by molar-refractivity contribution is 7.98. The van der Waals surface area contributed by atoms with Gasteiger partial charge >= 0.3 is 0 Å². The van der Waals surface area contributed by atoms with Crippen molar-refractivity contribution in [1.82, 2.24) is 5.43 Å². The quantitative estimate of drug-likeness (QED) is 0.260. The molecule has 0 heterocycles. The topological polar surface area (TPSA) is 41.5 Å². The molecule has 0 fully saturated rings. The van der Waals surface area contributed by atoms with Crippen LogP contribution in [0.25, 0.3) is 0 Å². The van der Waals surface area contributed by atoms with E-state index in [1.165, 1.54) is 16.0 Å². The second-order valence-corrected chi connectivity index (χ2v) is 9.06. The first-order valence-corrected chi connectivity index (χ1v) is 11.1. The van der Waals surface area contributed by atoms with Crippen LogP contribution in [-0.4, -0.2) is 11.6 Å². The van der Waals surface area contributed by atoms with Gasteiger partial charge in [0, 0.05) is 21.9 Å². The lowest BCUT2D eigenvalue weighted by Crippen LogP contribution is -2.24. The van der Waals surface area contributed by atoms with Gasteiger partial charge < -0.3 is 0 Å². The lowest BCUT2D eigenvalue weighted by Gasteiger charge is -2.25. The van der Waals surface area contributed by atoms with Crippen LogP contribution in [0.1, 0.15) is 48.7 Å². The molecule has 1 N–H and O–H groups in total. The number of benzene rings is 3. The maximum absolute atomic E-state index is 12.5. The van der Waals surface area contributed by atoms with Gasteiger partial charge in [-0.05, 0) is 54.2 Å². The zero-order chi connectivity index (χ0) is 21.4. The van der Waals surface area contributed by atoms with Gasteiger partial charge in [-0.25, -0.2) is 5.43 Å². The number of carbonyl (C=O) groups excluding carboxylic acids is 1. The van der Waals surface area contributed by atoms with E-state index in [0.29, 0.717) is 5.56 Å². The van der Waals surface area contributed by atoms with Gasteiger partial charge in [0.2, 0.25) is 0 Å². The van der Waals surface area contributed by atoms with Crippen molar-refractivity contribution in [2.45, 2.75) is 43.3 Å². The summed E-state index contributed by atoms with van der Waals surface area (Å²) in [5, 5.41) is 4.32. The van der Waals surface area contributed by atoms with E-state index < -0.39 is 0 Å². The van der Waals surface area contributed by atoms with Gasteiger partial charge in [0.05, 0.1) is 0 Å². The Balaban J connectivity index is 1.53. The van der Waals surface area contributed by atoms with Gasteiger partial charge in [-0.3, -0.25) is 4.79 Å². The van der Waals surface area contributed by atoms with E-state index in [-0.39, 0.29) is 11.3 Å². The molecule has 1 amide bonds. The molecule has 0 aliphatic heterocycles. The zero-order valence-corrected chi connectivity index (χ0v) is 18.6. The molecule has 3 aromatic rings. The fourth-order valence-electron chi connectivity index (χ4n) is 3.32. The highest BCUT2D eigenvalue weighted by atomic mass is 32.2. The molecule has 0 saturated heterocycles. The van der Waals surface area contributed by atoms with Gasteiger partial charge in [-0.15, -0.1) is 11.8 Å². The van der Waals surface area contributed by atoms with Crippen molar-refractivity contribution < 1.29 is 4.79 Å². The number of hydrogen-bond donors (Lipinski definition) is 1. The Labute approximate surface area is 183 Å². The minimum atomic E-state index is -0.186. The van der Waals surface area contributed by atoms with Crippen LogP contribution >= 0.6 is 11.8 Å². The Bertz CT molecular complexity index is 981. The highest BCUT2D eigenvalue weighted by Gasteiger charge is 2.21. The van der Waals surface area contributed by atoms with Crippen LogP contribution in [0.2, 0.25) is 0 Å². The van der Waals surface area contributed by atoms with Crippen molar-refractivity contribution in [3.63, 3.8) is 0 Å². The second kappa shape index (κ2) is 10.3. The molecule has 0 bridgehead atoms. The van der Waals surface area contributed by atoms with E-state index in [1.807, 2.05) is 67.6 Å². The van der Waals surface area contributed by atoms with Crippen molar-refractivity contribution >= 4 is 23.4 Å². The van der Waals surface area contributed by atoms with E-state index in [2.05, 4.69) is 48.6 Å². The standard InChI is InChI=1S/C26H28N2OS/c1-20(18-26(2,3)23-10-6-4-7-11-23)27-28-25(29)22-16-14-21(15-17-22)19-30-24-12-8-5-9-13-24/h4-17H,18-19H2,1-3H3,(H,28,29)/b27-20-. The van der Waals surface area contributed by atoms with Gasteiger partial charge in [-0.2, -0.15) is 5.10 Å². The van der Waals surface area contributed by atoms with E-state index in [4.69, 9.17) is 0 Å². The normalized spacial score (nSPS) is 11.9. The first-order valence-electron chi connectivity index (χ1n) is 10.1. The van der Waals surface area contributed by atoms with Crippen LogP contribution in [0.3, 0.4) is 0 Å². The maximum atomic E-state index is 12.5. The van der Waals surface area contributed by atoms with Gasteiger partial charge in [0.15, 0.2) is 0 Å². The minimum absolute atomic E-state index is 0.0440. The largest absolute Gasteiger partial charge is 0.271 e. The molecular weight excluding hydrogens is 388 g/mol. The average Bonchev–Trinajstić information content (AvgIpc) is 2.77. The molecule has 0 unspecified atom stereocenters. The summed E-state index contributed by atoms with van der Waals surface area (Å²) in [7, 11) is 0. The summed E-state index contributed by atoms with van der Waals surface area (Å²) in [5.41, 5.74) is 6.60. The number of hydrogen-bond acceptors (Lipinski definition) is 3. The lowest BCUT2D eigenvalue weighted by atomic mass is 9.80. The molecule has 154 valence electrons. The molecule has 0 radical (unpaired) electrons. The SMILES string of the molecule is C/C(CC(C)(C)c1ccccc1)=N/NC(=O)c1ccc(CSc2ccccc2)cc1. The molecule has 3 nitrogen and oxygen atoms in total. The Kier molecular flexibility index (Phi) is 7.47. The molecule has 0 aliphatic carbocycles. The fraction of sp³-hybridized carbons (Fsp3) is 0.231. The van der Waals surface area contributed by atoms with Crippen LogP contribution in [0, 0.1) is 0 Å². The van der Waals surface area contributed by atoms with Crippen molar-refractivity contribution in [2.75, 3.05) is 0 Å². The lowest BCUT2D eigenvalue weighted by molar-refractivity contribution is 0.0954. The predicted octanol–water partition coefficient (Wildman–Crippen LogP) is 6.45. The van der Waals surface area contributed by atoms with Crippen LogP contribution in [0.15, 0.2) is 94.9 Å². The number of carbonyl (C=O) groups is 1. The van der Waals surface area contributed by atoms with E-state index in [9.17, 15) is 4.79 Å². The summed E-state index contributed by atoms with van der Waals surface area (Å²) in [6, 6.07) is 28.4. The maximum Gasteiger partial charge on any atom is 0.271 e. The third kappa shape index (κ3) is 6.33. The van der Waals surface area contributed by atoms with E-state index >= 15 is 0 Å². The summed E-state index contributed by atoms with van der Waals surface area (Å²) in [4.78, 5) is 13.7. The van der Waals surface area contributed by atoms with Gasteiger partial charge in [0.25, 0.3) is 5.91 Å². The summed E-state index contributed by atoms with van der Waals surface area (Å²) in [6.45, 7) is 6.33. The fourth-order valence-corrected chi connectivity index (χ4v) is 4.19. The van der Waals surface area contributed by atoms with E-state index in [1.54, 1.807) is 11.8 Å². The third-order valence-electron chi connectivity index (χ3n) is 4.97. The van der Waals surface area contributed by atoms with Crippen LogP contribution in [0.4, 0.5) is 0 Å². The first kappa shape index (κ1) is 21.8. The number of hydrazone groups is 1. The number of thioether (sulfide) groups is 1.